The van der Waals surface area contributed by atoms with Crippen LogP contribution in [0.1, 0.15) is 33.6 Å². The Kier molecular flexibility index (Phi) is 3.58. The first-order valence-electron chi connectivity index (χ1n) is 3.73. The highest BCUT2D eigenvalue weighted by atomic mass is 16.3. The molecule has 0 heterocycles. The monoisotopic (exact) mass is 144 g/mol. The summed E-state index contributed by atoms with van der Waals surface area (Å²) in [6.45, 7) is 5.74. The van der Waals surface area contributed by atoms with Gasteiger partial charge in [0.05, 0.1) is 5.60 Å². The van der Waals surface area contributed by atoms with Gasteiger partial charge in [-0.15, -0.1) is 0 Å². The molecule has 0 aliphatic rings. The van der Waals surface area contributed by atoms with Crippen LogP contribution in [0, 0.1) is 5.92 Å². The zero-order valence-corrected chi connectivity index (χ0v) is 6.92. The van der Waals surface area contributed by atoms with Crippen LogP contribution < -0.4 is 0 Å². The molecule has 0 aliphatic heterocycles. The fourth-order valence-corrected chi connectivity index (χ4v) is 0.933. The van der Waals surface area contributed by atoms with Crippen LogP contribution in [0.25, 0.3) is 0 Å². The Bertz CT molecular complexity index is 110. The van der Waals surface area contributed by atoms with Crippen LogP contribution in [0.3, 0.4) is 0 Å². The molecule has 0 radical (unpaired) electrons. The molecule has 0 saturated heterocycles. The Morgan fingerprint density at radius 1 is 1.60 bits per heavy atom. The Balaban J connectivity index is 4.07. The Hall–Kier alpha value is -0.370. The summed E-state index contributed by atoms with van der Waals surface area (Å²) in [6.07, 6.45) is 1.67. The summed E-state index contributed by atoms with van der Waals surface area (Å²) >= 11 is 0. The van der Waals surface area contributed by atoms with Gasteiger partial charge < -0.3 is 9.90 Å². The van der Waals surface area contributed by atoms with Crippen molar-refractivity contribution in [3.63, 3.8) is 0 Å². The van der Waals surface area contributed by atoms with E-state index in [9.17, 15) is 9.90 Å². The van der Waals surface area contributed by atoms with Crippen molar-refractivity contribution in [3.05, 3.63) is 0 Å². The second kappa shape index (κ2) is 3.71. The molecule has 0 rings (SSSR count). The molecule has 0 saturated carbocycles. The second-order valence-corrected chi connectivity index (χ2v) is 2.98. The van der Waals surface area contributed by atoms with Gasteiger partial charge in [-0.05, 0) is 12.3 Å². The standard InChI is InChI=1S/C8H16O2/c1-4-8(10,5-6-9)7(2)3/h6-7,10H,4-5H2,1-3H3. The van der Waals surface area contributed by atoms with Crippen molar-refractivity contribution in [2.24, 2.45) is 5.92 Å². The lowest BCUT2D eigenvalue weighted by atomic mass is 9.85. The van der Waals surface area contributed by atoms with Gasteiger partial charge in [0, 0.05) is 6.42 Å². The van der Waals surface area contributed by atoms with E-state index < -0.39 is 5.60 Å². The summed E-state index contributed by atoms with van der Waals surface area (Å²) in [6, 6.07) is 0. The van der Waals surface area contributed by atoms with Crippen molar-refractivity contribution in [3.8, 4) is 0 Å². The first-order valence-corrected chi connectivity index (χ1v) is 3.73. The normalized spacial score (nSPS) is 16.9. The maximum atomic E-state index is 10.1. The Labute approximate surface area is 62.2 Å². The van der Waals surface area contributed by atoms with Crippen molar-refractivity contribution in [2.45, 2.75) is 39.2 Å². The van der Waals surface area contributed by atoms with Crippen molar-refractivity contribution in [2.75, 3.05) is 0 Å². The summed E-state index contributed by atoms with van der Waals surface area (Å²) in [4.78, 5) is 10.1. The fourth-order valence-electron chi connectivity index (χ4n) is 0.933. The largest absolute Gasteiger partial charge is 0.389 e. The zero-order chi connectivity index (χ0) is 8.20. The van der Waals surface area contributed by atoms with Gasteiger partial charge in [-0.3, -0.25) is 0 Å². The van der Waals surface area contributed by atoms with Crippen LogP contribution in [-0.4, -0.2) is 17.0 Å². The van der Waals surface area contributed by atoms with Crippen molar-refractivity contribution in [1.82, 2.24) is 0 Å². The molecule has 0 amide bonds. The van der Waals surface area contributed by atoms with E-state index in [1.54, 1.807) is 0 Å². The number of hydrogen-bond donors (Lipinski definition) is 1. The maximum Gasteiger partial charge on any atom is 0.122 e. The number of carbonyl (C=O) groups excluding carboxylic acids is 1. The molecule has 1 unspecified atom stereocenters. The molecular formula is C8H16O2. The maximum absolute atomic E-state index is 10.1. The minimum Gasteiger partial charge on any atom is -0.389 e. The average Bonchev–Trinajstić information content (AvgIpc) is 1.88. The first-order chi connectivity index (χ1) is 4.56. The molecule has 2 heteroatoms. The number of carbonyl (C=O) groups is 1. The van der Waals surface area contributed by atoms with Crippen LogP contribution in [0.5, 0.6) is 0 Å². The summed E-state index contributed by atoms with van der Waals surface area (Å²) < 4.78 is 0. The van der Waals surface area contributed by atoms with Crippen molar-refractivity contribution >= 4 is 6.29 Å². The van der Waals surface area contributed by atoms with Gasteiger partial charge in [-0.25, -0.2) is 0 Å². The van der Waals surface area contributed by atoms with Crippen LogP contribution in [0.15, 0.2) is 0 Å². The topological polar surface area (TPSA) is 37.3 Å². The Morgan fingerprint density at radius 2 is 2.10 bits per heavy atom. The van der Waals surface area contributed by atoms with Gasteiger partial charge in [-0.2, -0.15) is 0 Å². The van der Waals surface area contributed by atoms with E-state index in [4.69, 9.17) is 0 Å². The van der Waals surface area contributed by atoms with E-state index in [0.717, 1.165) is 6.29 Å². The molecule has 0 aromatic heterocycles. The minimum absolute atomic E-state index is 0.155. The van der Waals surface area contributed by atoms with Gasteiger partial charge in [0.25, 0.3) is 0 Å². The van der Waals surface area contributed by atoms with Gasteiger partial charge >= 0.3 is 0 Å². The number of rotatable bonds is 4. The summed E-state index contributed by atoms with van der Waals surface area (Å²) in [5.74, 6) is 0.155. The summed E-state index contributed by atoms with van der Waals surface area (Å²) in [5.41, 5.74) is -0.776. The molecule has 0 spiro atoms. The van der Waals surface area contributed by atoms with E-state index >= 15 is 0 Å². The van der Waals surface area contributed by atoms with Gasteiger partial charge in [0.2, 0.25) is 0 Å². The molecule has 0 aromatic carbocycles. The molecular weight excluding hydrogens is 128 g/mol. The van der Waals surface area contributed by atoms with E-state index in [0.29, 0.717) is 6.42 Å². The first kappa shape index (κ1) is 9.63. The fraction of sp³-hybridized carbons (Fsp3) is 0.875. The number of aliphatic hydroxyl groups is 1. The highest BCUT2D eigenvalue weighted by molar-refractivity contribution is 5.51. The molecule has 2 nitrogen and oxygen atoms in total. The van der Waals surface area contributed by atoms with Crippen LogP contribution in [0.4, 0.5) is 0 Å². The van der Waals surface area contributed by atoms with Gasteiger partial charge in [0.15, 0.2) is 0 Å². The molecule has 10 heavy (non-hydrogen) atoms. The summed E-state index contributed by atoms with van der Waals surface area (Å²) in [5, 5.41) is 9.67. The molecule has 0 fully saturated rings. The number of aldehydes is 1. The van der Waals surface area contributed by atoms with Gasteiger partial charge in [-0.1, -0.05) is 20.8 Å². The van der Waals surface area contributed by atoms with Crippen LogP contribution in [-0.2, 0) is 4.79 Å². The number of hydrogen-bond acceptors (Lipinski definition) is 2. The van der Waals surface area contributed by atoms with E-state index in [-0.39, 0.29) is 12.3 Å². The molecule has 0 aliphatic carbocycles. The van der Waals surface area contributed by atoms with Crippen molar-refractivity contribution in [1.29, 1.82) is 0 Å². The smallest absolute Gasteiger partial charge is 0.122 e. The van der Waals surface area contributed by atoms with Crippen molar-refractivity contribution < 1.29 is 9.90 Å². The van der Waals surface area contributed by atoms with E-state index in [1.807, 2.05) is 20.8 Å². The summed E-state index contributed by atoms with van der Waals surface area (Å²) in [7, 11) is 0. The molecule has 60 valence electrons. The highest BCUT2D eigenvalue weighted by Crippen LogP contribution is 2.23. The lowest BCUT2D eigenvalue weighted by molar-refractivity contribution is -0.114. The minimum atomic E-state index is -0.776. The molecule has 1 atom stereocenters. The lowest BCUT2D eigenvalue weighted by Crippen LogP contribution is -2.34. The zero-order valence-electron chi connectivity index (χ0n) is 6.92. The third-order valence-corrected chi connectivity index (χ3v) is 2.12. The lowest BCUT2D eigenvalue weighted by Gasteiger charge is -2.28. The van der Waals surface area contributed by atoms with Crippen LogP contribution in [0.2, 0.25) is 0 Å². The third-order valence-electron chi connectivity index (χ3n) is 2.12. The molecule has 0 aromatic rings. The molecule has 1 N–H and O–H groups in total. The Morgan fingerprint density at radius 3 is 2.20 bits per heavy atom. The quantitative estimate of drug-likeness (QED) is 0.605. The van der Waals surface area contributed by atoms with E-state index in [1.165, 1.54) is 0 Å². The SMILES string of the molecule is CCC(O)(CC=O)C(C)C. The highest BCUT2D eigenvalue weighted by Gasteiger charge is 2.27. The predicted octanol–water partition coefficient (Wildman–Crippen LogP) is 1.37. The van der Waals surface area contributed by atoms with Gasteiger partial charge in [0.1, 0.15) is 6.29 Å². The van der Waals surface area contributed by atoms with Crippen LogP contribution >= 0.6 is 0 Å². The molecule has 0 bridgehead atoms. The third kappa shape index (κ3) is 2.10. The van der Waals surface area contributed by atoms with E-state index in [2.05, 4.69) is 0 Å². The predicted molar refractivity (Wildman–Crippen MR) is 40.8 cm³/mol. The average molecular weight is 144 g/mol. The second-order valence-electron chi connectivity index (χ2n) is 2.98.